The van der Waals surface area contributed by atoms with Gasteiger partial charge in [-0.15, -0.1) is 0 Å². The van der Waals surface area contributed by atoms with Gasteiger partial charge in [0.1, 0.15) is 11.6 Å². The van der Waals surface area contributed by atoms with Crippen LogP contribution >= 0.6 is 0 Å². The van der Waals surface area contributed by atoms with Crippen molar-refractivity contribution in [3.05, 3.63) is 90.2 Å². The minimum atomic E-state index is -1.15. The van der Waals surface area contributed by atoms with Gasteiger partial charge in [0.2, 0.25) is 0 Å². The number of carboxylic acid groups (broad SMARTS) is 1. The fraction of sp³-hybridized carbons (Fsp3) is 0.0952. The Hall–Kier alpha value is -3.14. The highest BCUT2D eigenvalue weighted by atomic mass is 19.1. The Kier molecular flexibility index (Phi) is 5.09. The topological polar surface area (TPSA) is 46.5 Å². The largest absolute Gasteiger partial charge is 0.478 e. The van der Waals surface area contributed by atoms with Gasteiger partial charge in [0.05, 0.1) is 0 Å². The third-order valence-electron chi connectivity index (χ3n) is 3.88. The van der Waals surface area contributed by atoms with Crippen molar-refractivity contribution in [2.75, 3.05) is 0 Å². The van der Waals surface area contributed by atoms with Gasteiger partial charge in [-0.05, 0) is 34.9 Å². The molecule has 1 N–H and O–H groups in total. The fourth-order valence-electron chi connectivity index (χ4n) is 2.56. The van der Waals surface area contributed by atoms with Crippen molar-refractivity contribution in [3.8, 4) is 16.9 Å². The monoisotopic (exact) mass is 336 g/mol. The quantitative estimate of drug-likeness (QED) is 0.717. The van der Waals surface area contributed by atoms with Gasteiger partial charge in [-0.2, -0.15) is 0 Å². The van der Waals surface area contributed by atoms with Crippen LogP contribution in [0.3, 0.4) is 0 Å². The number of hydrogen-bond acceptors (Lipinski definition) is 2. The van der Waals surface area contributed by atoms with Crippen LogP contribution in [-0.2, 0) is 11.2 Å². The van der Waals surface area contributed by atoms with Gasteiger partial charge >= 0.3 is 5.97 Å². The molecule has 0 aromatic heterocycles. The number of benzene rings is 3. The average molecular weight is 336 g/mol. The minimum absolute atomic E-state index is 0.0392. The summed E-state index contributed by atoms with van der Waals surface area (Å²) in [5.74, 6) is -1.13. The summed E-state index contributed by atoms with van der Waals surface area (Å²) in [6.07, 6.45) is -1.19. The van der Waals surface area contributed by atoms with Crippen molar-refractivity contribution in [1.29, 1.82) is 0 Å². The Morgan fingerprint density at radius 3 is 2.12 bits per heavy atom. The highest BCUT2D eigenvalue weighted by molar-refractivity contribution is 5.73. The van der Waals surface area contributed by atoms with E-state index in [-0.39, 0.29) is 6.42 Å². The molecule has 0 aliphatic rings. The third kappa shape index (κ3) is 4.23. The summed E-state index contributed by atoms with van der Waals surface area (Å²) in [4.78, 5) is 11.5. The molecule has 0 aliphatic heterocycles. The van der Waals surface area contributed by atoms with Crippen LogP contribution in [0.1, 0.15) is 5.56 Å². The lowest BCUT2D eigenvalue weighted by Crippen LogP contribution is -2.29. The first-order valence-electron chi connectivity index (χ1n) is 7.92. The van der Waals surface area contributed by atoms with Crippen LogP contribution in [0.15, 0.2) is 78.9 Å². The molecule has 0 aliphatic carbocycles. The van der Waals surface area contributed by atoms with E-state index in [1.54, 1.807) is 30.3 Å². The summed E-state index contributed by atoms with van der Waals surface area (Å²) in [5.41, 5.74) is 2.39. The van der Waals surface area contributed by atoms with E-state index in [9.17, 15) is 14.3 Å². The number of hydrogen-bond donors (Lipinski definition) is 1. The van der Waals surface area contributed by atoms with E-state index in [0.717, 1.165) is 11.1 Å². The van der Waals surface area contributed by atoms with Crippen LogP contribution in [0.25, 0.3) is 11.1 Å². The first kappa shape index (κ1) is 16.7. The Morgan fingerprint density at radius 1 is 0.880 bits per heavy atom. The molecule has 4 heteroatoms. The molecule has 126 valence electrons. The standard InChI is InChI=1S/C21H17FO3/c22-19-9-5-4-8-17(19)14-20(21(23)24)25-18-12-10-16(11-13-18)15-6-2-1-3-7-15/h1-13,20H,14H2,(H,23,24)/t20-/m1/s1. The maximum atomic E-state index is 13.7. The predicted octanol–water partition coefficient (Wildman–Crippen LogP) is 4.57. The molecule has 3 nitrogen and oxygen atoms in total. The van der Waals surface area contributed by atoms with E-state index in [1.807, 2.05) is 42.5 Å². The van der Waals surface area contributed by atoms with Crippen LogP contribution < -0.4 is 4.74 Å². The van der Waals surface area contributed by atoms with E-state index in [4.69, 9.17) is 4.74 Å². The van der Waals surface area contributed by atoms with Crippen LogP contribution in [0.2, 0.25) is 0 Å². The lowest BCUT2D eigenvalue weighted by molar-refractivity contribution is -0.145. The maximum Gasteiger partial charge on any atom is 0.345 e. The molecule has 0 unspecified atom stereocenters. The van der Waals surface area contributed by atoms with Gasteiger partial charge in [0.15, 0.2) is 6.10 Å². The number of rotatable bonds is 6. The van der Waals surface area contributed by atoms with Crippen LogP contribution in [0.5, 0.6) is 5.75 Å². The lowest BCUT2D eigenvalue weighted by Gasteiger charge is -2.16. The number of carbonyl (C=O) groups is 1. The number of halogens is 1. The molecule has 3 rings (SSSR count). The van der Waals surface area contributed by atoms with E-state index in [2.05, 4.69) is 0 Å². The number of aliphatic carboxylic acids is 1. The van der Waals surface area contributed by atoms with E-state index >= 15 is 0 Å². The zero-order valence-corrected chi connectivity index (χ0v) is 13.4. The molecule has 0 fully saturated rings. The Balaban J connectivity index is 1.74. The van der Waals surface area contributed by atoms with Gasteiger partial charge in [-0.3, -0.25) is 0 Å². The second-order valence-electron chi connectivity index (χ2n) is 5.63. The van der Waals surface area contributed by atoms with Gasteiger partial charge in [0, 0.05) is 6.42 Å². The molecular formula is C21H17FO3. The van der Waals surface area contributed by atoms with Crippen LogP contribution in [0.4, 0.5) is 4.39 Å². The summed E-state index contributed by atoms with van der Waals surface area (Å²) in [6.45, 7) is 0. The number of ether oxygens (including phenoxy) is 1. The van der Waals surface area contributed by atoms with Crippen molar-refractivity contribution in [3.63, 3.8) is 0 Å². The van der Waals surface area contributed by atoms with Crippen molar-refractivity contribution < 1.29 is 19.0 Å². The lowest BCUT2D eigenvalue weighted by atomic mass is 10.1. The van der Waals surface area contributed by atoms with Gasteiger partial charge in [-0.1, -0.05) is 60.7 Å². The summed E-state index contributed by atoms with van der Waals surface area (Å²) in [6, 6.07) is 23.1. The molecule has 3 aromatic carbocycles. The second kappa shape index (κ2) is 7.62. The second-order valence-corrected chi connectivity index (χ2v) is 5.63. The summed E-state index contributed by atoms with van der Waals surface area (Å²) < 4.78 is 19.3. The third-order valence-corrected chi connectivity index (χ3v) is 3.88. The molecule has 1 atom stereocenters. The molecule has 0 spiro atoms. The molecule has 0 radical (unpaired) electrons. The highest BCUT2D eigenvalue weighted by Crippen LogP contribution is 2.23. The van der Waals surface area contributed by atoms with Gasteiger partial charge < -0.3 is 9.84 Å². The Morgan fingerprint density at radius 2 is 1.48 bits per heavy atom. The zero-order valence-electron chi connectivity index (χ0n) is 13.4. The average Bonchev–Trinajstić information content (AvgIpc) is 2.64. The number of carboxylic acids is 1. The Labute approximate surface area is 145 Å². The van der Waals surface area contributed by atoms with Crippen molar-refractivity contribution in [2.45, 2.75) is 12.5 Å². The smallest absolute Gasteiger partial charge is 0.345 e. The van der Waals surface area contributed by atoms with Crippen LogP contribution in [-0.4, -0.2) is 17.2 Å². The SMILES string of the molecule is O=C(O)[C@@H](Cc1ccccc1F)Oc1ccc(-c2ccccc2)cc1. The molecule has 3 aromatic rings. The van der Waals surface area contributed by atoms with Crippen LogP contribution in [0, 0.1) is 5.82 Å². The maximum absolute atomic E-state index is 13.7. The summed E-state index contributed by atoms with van der Waals surface area (Å²) >= 11 is 0. The fourth-order valence-corrected chi connectivity index (χ4v) is 2.56. The first-order chi connectivity index (χ1) is 12.1. The first-order valence-corrected chi connectivity index (χ1v) is 7.92. The molecule has 0 heterocycles. The molecular weight excluding hydrogens is 319 g/mol. The van der Waals surface area contributed by atoms with Crippen molar-refractivity contribution >= 4 is 5.97 Å². The minimum Gasteiger partial charge on any atom is -0.478 e. The zero-order chi connectivity index (χ0) is 17.6. The highest BCUT2D eigenvalue weighted by Gasteiger charge is 2.21. The van der Waals surface area contributed by atoms with E-state index in [0.29, 0.717) is 11.3 Å². The summed E-state index contributed by atoms with van der Waals surface area (Å²) in [5, 5.41) is 9.37. The Bertz CT molecular complexity index is 845. The molecule has 25 heavy (non-hydrogen) atoms. The molecule has 0 amide bonds. The molecule has 0 saturated heterocycles. The van der Waals surface area contributed by atoms with Gasteiger partial charge in [-0.25, -0.2) is 9.18 Å². The normalized spacial score (nSPS) is 11.7. The predicted molar refractivity (Wildman–Crippen MR) is 94.0 cm³/mol. The van der Waals surface area contributed by atoms with Gasteiger partial charge in [0.25, 0.3) is 0 Å². The van der Waals surface area contributed by atoms with E-state index < -0.39 is 17.9 Å². The van der Waals surface area contributed by atoms with Crippen molar-refractivity contribution in [2.24, 2.45) is 0 Å². The summed E-state index contributed by atoms with van der Waals surface area (Å²) in [7, 11) is 0. The van der Waals surface area contributed by atoms with Crippen molar-refractivity contribution in [1.82, 2.24) is 0 Å². The van der Waals surface area contributed by atoms with E-state index in [1.165, 1.54) is 6.07 Å². The molecule has 0 saturated carbocycles. The molecule has 0 bridgehead atoms.